The van der Waals surface area contributed by atoms with E-state index in [-0.39, 0.29) is 10.6 Å². The molecule has 3 N–H and O–H groups in total. The molecule has 6 nitrogen and oxygen atoms in total. The molecule has 0 spiro atoms. The maximum Gasteiger partial charge on any atom is 0.260 e. The van der Waals surface area contributed by atoms with Gasteiger partial charge in [0.05, 0.1) is 16.8 Å². The number of hydrogen-bond acceptors (Lipinski definition) is 4. The van der Waals surface area contributed by atoms with E-state index in [2.05, 4.69) is 15.6 Å². The summed E-state index contributed by atoms with van der Waals surface area (Å²) in [7, 11) is 0. The van der Waals surface area contributed by atoms with Crippen molar-refractivity contribution in [1.82, 2.24) is 10.3 Å². The van der Waals surface area contributed by atoms with Crippen LogP contribution in [0.2, 0.25) is 10.0 Å². The number of hydrogen-bond donors (Lipinski definition) is 3. The first-order valence-corrected chi connectivity index (χ1v) is 9.17. The average Bonchev–Trinajstić information content (AvgIpc) is 3.13. The number of nitrogens with one attached hydrogen (secondary N) is 3. The van der Waals surface area contributed by atoms with Gasteiger partial charge in [-0.05, 0) is 38.0 Å². The molecular formula is C18H18Cl2FN3O3. The number of carbonyl (C=O) groups excluding carboxylic acids is 1. The Kier molecular flexibility index (Phi) is 6.04. The zero-order valence-corrected chi connectivity index (χ0v) is 16.0. The van der Waals surface area contributed by atoms with Crippen LogP contribution in [-0.2, 0) is 4.74 Å². The second kappa shape index (κ2) is 8.29. The zero-order valence-electron chi connectivity index (χ0n) is 14.4. The van der Waals surface area contributed by atoms with Crippen molar-refractivity contribution in [2.75, 3.05) is 11.9 Å². The SMILES string of the molecule is C[C@@H](Nc1c[nH]c(=O)c(C(=O)NC2CCCO2)c1)c1c(Cl)ccc(F)c1Cl. The maximum atomic E-state index is 13.7. The Hall–Kier alpha value is -2.09. The van der Waals surface area contributed by atoms with E-state index in [4.69, 9.17) is 27.9 Å². The minimum absolute atomic E-state index is 0.0564. The number of aromatic amines is 1. The summed E-state index contributed by atoms with van der Waals surface area (Å²) in [6, 6.07) is 3.55. The average molecular weight is 414 g/mol. The number of rotatable bonds is 5. The summed E-state index contributed by atoms with van der Waals surface area (Å²) in [5.74, 6) is -1.11. The third-order valence-electron chi connectivity index (χ3n) is 4.27. The monoisotopic (exact) mass is 413 g/mol. The lowest BCUT2D eigenvalue weighted by Crippen LogP contribution is -2.37. The van der Waals surface area contributed by atoms with Crippen LogP contribution in [0.4, 0.5) is 10.1 Å². The maximum absolute atomic E-state index is 13.7. The first kappa shape index (κ1) is 19.7. The van der Waals surface area contributed by atoms with Crippen LogP contribution in [-0.4, -0.2) is 23.7 Å². The summed E-state index contributed by atoms with van der Waals surface area (Å²) in [6.45, 7) is 2.32. The molecule has 1 aliphatic rings. The van der Waals surface area contributed by atoms with Crippen molar-refractivity contribution in [3.05, 3.63) is 61.7 Å². The van der Waals surface area contributed by atoms with Crippen molar-refractivity contribution in [2.24, 2.45) is 0 Å². The van der Waals surface area contributed by atoms with Crippen molar-refractivity contribution in [2.45, 2.75) is 32.0 Å². The van der Waals surface area contributed by atoms with Gasteiger partial charge >= 0.3 is 0 Å². The molecule has 1 saturated heterocycles. The molecule has 2 aromatic rings. The minimum atomic E-state index is -0.581. The Morgan fingerprint density at radius 3 is 2.89 bits per heavy atom. The summed E-state index contributed by atoms with van der Waals surface area (Å²) < 4.78 is 19.1. The number of aromatic nitrogens is 1. The summed E-state index contributed by atoms with van der Waals surface area (Å²) in [5, 5.41) is 5.97. The van der Waals surface area contributed by atoms with Crippen molar-refractivity contribution in [3.63, 3.8) is 0 Å². The highest BCUT2D eigenvalue weighted by Gasteiger charge is 2.21. The number of carbonyl (C=O) groups is 1. The second-order valence-electron chi connectivity index (χ2n) is 6.23. The van der Waals surface area contributed by atoms with Crippen LogP contribution in [0, 0.1) is 5.82 Å². The van der Waals surface area contributed by atoms with Crippen LogP contribution < -0.4 is 16.2 Å². The van der Waals surface area contributed by atoms with Gasteiger partial charge in [0.1, 0.15) is 17.6 Å². The topological polar surface area (TPSA) is 83.2 Å². The van der Waals surface area contributed by atoms with E-state index >= 15 is 0 Å². The van der Waals surface area contributed by atoms with E-state index in [0.717, 1.165) is 6.42 Å². The Balaban J connectivity index is 1.81. The highest BCUT2D eigenvalue weighted by atomic mass is 35.5. The second-order valence-corrected chi connectivity index (χ2v) is 7.01. The molecule has 3 rings (SSSR count). The third kappa shape index (κ3) is 4.43. The van der Waals surface area contributed by atoms with Gasteiger partial charge in [-0.25, -0.2) is 4.39 Å². The molecule has 1 unspecified atom stereocenters. The van der Waals surface area contributed by atoms with Crippen molar-refractivity contribution in [1.29, 1.82) is 0 Å². The number of ether oxygens (including phenoxy) is 1. The summed E-state index contributed by atoms with van der Waals surface area (Å²) >= 11 is 12.2. The van der Waals surface area contributed by atoms with Gasteiger partial charge < -0.3 is 20.4 Å². The molecule has 0 saturated carbocycles. The van der Waals surface area contributed by atoms with E-state index in [1.54, 1.807) is 6.92 Å². The van der Waals surface area contributed by atoms with Crippen molar-refractivity contribution < 1.29 is 13.9 Å². The largest absolute Gasteiger partial charge is 0.377 e. The Bertz CT molecular complexity index is 913. The quantitative estimate of drug-likeness (QED) is 0.649. The number of pyridine rings is 1. The van der Waals surface area contributed by atoms with Crippen molar-refractivity contribution >= 4 is 34.8 Å². The fourth-order valence-corrected chi connectivity index (χ4v) is 3.61. The van der Waals surface area contributed by atoms with E-state index in [1.165, 1.54) is 24.4 Å². The lowest BCUT2D eigenvalue weighted by atomic mass is 10.1. The highest BCUT2D eigenvalue weighted by molar-refractivity contribution is 6.36. The van der Waals surface area contributed by atoms with Crippen molar-refractivity contribution in [3.8, 4) is 0 Å². The Labute approximate surface area is 165 Å². The van der Waals surface area contributed by atoms with Crippen LogP contribution in [0.1, 0.15) is 41.7 Å². The highest BCUT2D eigenvalue weighted by Crippen LogP contribution is 2.33. The van der Waals surface area contributed by atoms with E-state index in [0.29, 0.717) is 29.3 Å². The Morgan fingerprint density at radius 2 is 2.19 bits per heavy atom. The number of halogens is 3. The lowest BCUT2D eigenvalue weighted by Gasteiger charge is -2.19. The summed E-state index contributed by atoms with van der Waals surface area (Å²) in [5.41, 5.74) is 0.260. The lowest BCUT2D eigenvalue weighted by molar-refractivity contribution is 0.0638. The molecule has 1 amide bonds. The summed E-state index contributed by atoms with van der Waals surface area (Å²) in [6.07, 6.45) is 2.59. The first-order valence-electron chi connectivity index (χ1n) is 8.42. The molecule has 0 aliphatic carbocycles. The molecule has 9 heteroatoms. The third-order valence-corrected chi connectivity index (χ3v) is 4.98. The normalized spacial score (nSPS) is 17.6. The molecule has 27 heavy (non-hydrogen) atoms. The molecule has 2 atom stereocenters. The van der Waals surface area contributed by atoms with Gasteiger partial charge in [-0.1, -0.05) is 23.2 Å². The Morgan fingerprint density at radius 1 is 1.41 bits per heavy atom. The number of H-pyrrole nitrogens is 1. The fraction of sp³-hybridized carbons (Fsp3) is 0.333. The molecule has 1 fully saturated rings. The molecule has 144 valence electrons. The molecule has 1 aromatic carbocycles. The first-order chi connectivity index (χ1) is 12.9. The zero-order chi connectivity index (χ0) is 19.6. The van der Waals surface area contributed by atoms with Gasteiger partial charge in [-0.3, -0.25) is 9.59 Å². The van der Waals surface area contributed by atoms with E-state index in [9.17, 15) is 14.0 Å². The van der Waals surface area contributed by atoms with Crippen LogP contribution >= 0.6 is 23.2 Å². The fourth-order valence-electron chi connectivity index (χ4n) is 2.91. The van der Waals surface area contributed by atoms with Crippen LogP contribution in [0.5, 0.6) is 0 Å². The predicted molar refractivity (Wildman–Crippen MR) is 102 cm³/mol. The molecule has 0 bridgehead atoms. The van der Waals surface area contributed by atoms with Gasteiger partial charge in [0.15, 0.2) is 0 Å². The number of amides is 1. The van der Waals surface area contributed by atoms with Crippen LogP contribution in [0.15, 0.2) is 29.2 Å². The molecule has 2 heterocycles. The van der Waals surface area contributed by atoms with Gasteiger partial charge in [-0.15, -0.1) is 0 Å². The van der Waals surface area contributed by atoms with Crippen LogP contribution in [0.3, 0.4) is 0 Å². The van der Waals surface area contributed by atoms with Gasteiger partial charge in [-0.2, -0.15) is 0 Å². The number of benzene rings is 1. The standard InChI is InChI=1S/C18H18Cl2FN3O3/c1-9(15-12(19)4-5-13(21)16(15)20)23-10-7-11(17(25)22-8-10)18(26)24-14-3-2-6-27-14/h4-5,7-9,14,23H,2-3,6H2,1H3,(H,22,25)(H,24,26)/t9-,14?/m1/s1. The predicted octanol–water partition coefficient (Wildman–Crippen LogP) is 3.86. The molecular weight excluding hydrogens is 396 g/mol. The summed E-state index contributed by atoms with van der Waals surface area (Å²) in [4.78, 5) is 26.9. The van der Waals surface area contributed by atoms with Gasteiger partial charge in [0.2, 0.25) is 0 Å². The minimum Gasteiger partial charge on any atom is -0.377 e. The van der Waals surface area contributed by atoms with Gasteiger partial charge in [0.25, 0.3) is 11.5 Å². The molecule has 1 aliphatic heterocycles. The molecule has 1 aromatic heterocycles. The van der Waals surface area contributed by atoms with Gasteiger partial charge in [0, 0.05) is 23.4 Å². The van der Waals surface area contributed by atoms with Crippen LogP contribution in [0.25, 0.3) is 0 Å². The van der Waals surface area contributed by atoms with E-state index in [1.807, 2.05) is 0 Å². The smallest absolute Gasteiger partial charge is 0.260 e. The molecule has 0 radical (unpaired) electrons. The van der Waals surface area contributed by atoms with E-state index < -0.39 is 29.6 Å². The number of anilines is 1.